The number of rotatable bonds is 2. The molecule has 0 aromatic rings. The van der Waals surface area contributed by atoms with Gasteiger partial charge in [-0.05, 0) is 31.8 Å². The van der Waals surface area contributed by atoms with Crippen LogP contribution in [0.25, 0.3) is 0 Å². The van der Waals surface area contributed by atoms with E-state index in [1.165, 1.54) is 0 Å². The highest BCUT2D eigenvalue weighted by atomic mass is 19.4. The molecule has 1 aliphatic heterocycles. The van der Waals surface area contributed by atoms with Gasteiger partial charge in [0.2, 0.25) is 0 Å². The lowest BCUT2D eigenvalue weighted by Gasteiger charge is -2.22. The van der Waals surface area contributed by atoms with E-state index in [4.69, 9.17) is 0 Å². The van der Waals surface area contributed by atoms with Crippen molar-refractivity contribution in [2.75, 3.05) is 19.6 Å². The summed E-state index contributed by atoms with van der Waals surface area (Å²) in [6, 6.07) is 0. The third-order valence-electron chi connectivity index (χ3n) is 2.27. The maximum absolute atomic E-state index is 11.8. The molecule has 1 amide bonds. The van der Waals surface area contributed by atoms with Gasteiger partial charge in [0.25, 0.3) is 0 Å². The summed E-state index contributed by atoms with van der Waals surface area (Å²) in [4.78, 5) is 10.5. The maximum Gasteiger partial charge on any atom is 0.471 e. The molecule has 0 radical (unpaired) electrons. The van der Waals surface area contributed by atoms with Gasteiger partial charge in [-0.15, -0.1) is 0 Å². The van der Waals surface area contributed by atoms with E-state index in [9.17, 15) is 18.0 Å². The highest BCUT2D eigenvalue weighted by Gasteiger charge is 2.38. The zero-order chi connectivity index (χ0) is 10.6. The molecular formula is C8H13F3N2O. The molecule has 0 aromatic heterocycles. The van der Waals surface area contributed by atoms with E-state index in [1.807, 2.05) is 5.32 Å². The number of halogens is 3. The quantitative estimate of drug-likeness (QED) is 0.703. The first-order valence-electron chi connectivity index (χ1n) is 4.56. The summed E-state index contributed by atoms with van der Waals surface area (Å²) >= 11 is 0. The van der Waals surface area contributed by atoms with Crippen molar-refractivity contribution in [1.29, 1.82) is 0 Å². The van der Waals surface area contributed by atoms with Gasteiger partial charge in [-0.3, -0.25) is 4.79 Å². The average Bonchev–Trinajstić information content (AvgIpc) is 2.14. The summed E-state index contributed by atoms with van der Waals surface area (Å²) in [6.07, 6.45) is -3.12. The lowest BCUT2D eigenvalue weighted by atomic mass is 9.98. The SMILES string of the molecule is O=C(NCC1CCNCC1)C(F)(F)F. The first kappa shape index (κ1) is 11.3. The molecule has 0 unspecified atom stereocenters. The van der Waals surface area contributed by atoms with Gasteiger partial charge in [0.05, 0.1) is 0 Å². The average molecular weight is 210 g/mol. The fourth-order valence-electron chi connectivity index (χ4n) is 1.42. The van der Waals surface area contributed by atoms with E-state index >= 15 is 0 Å². The van der Waals surface area contributed by atoms with E-state index in [0.717, 1.165) is 25.9 Å². The Labute approximate surface area is 80.0 Å². The molecule has 0 spiro atoms. The van der Waals surface area contributed by atoms with Crippen LogP contribution in [-0.2, 0) is 4.79 Å². The van der Waals surface area contributed by atoms with Gasteiger partial charge < -0.3 is 10.6 Å². The fraction of sp³-hybridized carbons (Fsp3) is 0.875. The molecule has 6 heteroatoms. The smallest absolute Gasteiger partial charge is 0.348 e. The summed E-state index contributed by atoms with van der Waals surface area (Å²) in [7, 11) is 0. The molecule has 2 N–H and O–H groups in total. The predicted molar refractivity (Wildman–Crippen MR) is 44.7 cm³/mol. The second-order valence-electron chi connectivity index (χ2n) is 3.40. The van der Waals surface area contributed by atoms with Gasteiger partial charge in [0, 0.05) is 6.54 Å². The minimum atomic E-state index is -4.76. The van der Waals surface area contributed by atoms with Crippen molar-refractivity contribution in [2.24, 2.45) is 5.92 Å². The Hall–Kier alpha value is -0.780. The standard InChI is InChI=1S/C8H13F3N2O/c9-8(10,11)7(14)13-5-6-1-3-12-4-2-6/h6,12H,1-5H2,(H,13,14). The Morgan fingerprint density at radius 3 is 2.43 bits per heavy atom. The Morgan fingerprint density at radius 1 is 1.36 bits per heavy atom. The lowest BCUT2D eigenvalue weighted by molar-refractivity contribution is -0.173. The number of carbonyl (C=O) groups is 1. The predicted octanol–water partition coefficient (Wildman–Crippen LogP) is 0.664. The van der Waals surface area contributed by atoms with Gasteiger partial charge in [-0.2, -0.15) is 13.2 Å². The normalized spacial score (nSPS) is 19.4. The number of alkyl halides is 3. The van der Waals surface area contributed by atoms with Gasteiger partial charge in [-0.25, -0.2) is 0 Å². The topological polar surface area (TPSA) is 41.1 Å². The van der Waals surface area contributed by atoms with Gasteiger partial charge in [0.1, 0.15) is 0 Å². The molecule has 0 aromatic carbocycles. The number of amides is 1. The second kappa shape index (κ2) is 4.63. The van der Waals surface area contributed by atoms with E-state index in [0.29, 0.717) is 0 Å². The van der Waals surface area contributed by atoms with Crippen LogP contribution in [0.5, 0.6) is 0 Å². The fourth-order valence-corrected chi connectivity index (χ4v) is 1.42. The molecule has 1 saturated heterocycles. The molecule has 1 fully saturated rings. The molecule has 14 heavy (non-hydrogen) atoms. The molecule has 1 aliphatic rings. The minimum Gasteiger partial charge on any atom is -0.348 e. The summed E-state index contributed by atoms with van der Waals surface area (Å²) in [6.45, 7) is 1.75. The van der Waals surface area contributed by atoms with Gasteiger partial charge in [-0.1, -0.05) is 0 Å². The second-order valence-corrected chi connectivity index (χ2v) is 3.40. The van der Waals surface area contributed by atoms with Crippen LogP contribution in [0.1, 0.15) is 12.8 Å². The largest absolute Gasteiger partial charge is 0.471 e. The maximum atomic E-state index is 11.8. The van der Waals surface area contributed by atoms with E-state index in [1.54, 1.807) is 0 Å². The first-order chi connectivity index (χ1) is 6.50. The van der Waals surface area contributed by atoms with E-state index in [2.05, 4.69) is 5.32 Å². The number of hydrogen-bond donors (Lipinski definition) is 2. The number of nitrogens with one attached hydrogen (secondary N) is 2. The van der Waals surface area contributed by atoms with Crippen molar-refractivity contribution >= 4 is 5.91 Å². The Bertz CT molecular complexity index is 199. The lowest BCUT2D eigenvalue weighted by Crippen LogP contribution is -2.41. The molecule has 82 valence electrons. The van der Waals surface area contributed by atoms with Crippen LogP contribution in [0.15, 0.2) is 0 Å². The van der Waals surface area contributed by atoms with Crippen LogP contribution in [0.3, 0.4) is 0 Å². The summed E-state index contributed by atoms with van der Waals surface area (Å²) in [5.74, 6) is -1.67. The molecule has 1 heterocycles. The van der Waals surface area contributed by atoms with Crippen molar-refractivity contribution < 1.29 is 18.0 Å². The number of hydrogen-bond acceptors (Lipinski definition) is 2. The molecule has 0 aliphatic carbocycles. The van der Waals surface area contributed by atoms with Crippen LogP contribution < -0.4 is 10.6 Å². The molecule has 1 rings (SSSR count). The van der Waals surface area contributed by atoms with Gasteiger partial charge >= 0.3 is 12.1 Å². The zero-order valence-corrected chi connectivity index (χ0v) is 7.66. The Kier molecular flexibility index (Phi) is 3.74. The van der Waals surface area contributed by atoms with Crippen molar-refractivity contribution in [3.63, 3.8) is 0 Å². The molecule has 0 bridgehead atoms. The third kappa shape index (κ3) is 3.53. The number of piperidine rings is 1. The zero-order valence-electron chi connectivity index (χ0n) is 7.66. The van der Waals surface area contributed by atoms with E-state index < -0.39 is 12.1 Å². The van der Waals surface area contributed by atoms with Crippen molar-refractivity contribution in [2.45, 2.75) is 19.0 Å². The molecule has 0 atom stereocenters. The summed E-state index contributed by atoms with van der Waals surface area (Å²) in [5, 5.41) is 5.00. The molecule has 0 saturated carbocycles. The van der Waals surface area contributed by atoms with E-state index in [-0.39, 0.29) is 12.5 Å². The first-order valence-corrected chi connectivity index (χ1v) is 4.56. The highest BCUT2D eigenvalue weighted by Crippen LogP contribution is 2.15. The van der Waals surface area contributed by atoms with Crippen LogP contribution in [-0.4, -0.2) is 31.7 Å². The molecule has 3 nitrogen and oxygen atoms in total. The molecular weight excluding hydrogens is 197 g/mol. The van der Waals surface area contributed by atoms with Gasteiger partial charge in [0.15, 0.2) is 0 Å². The van der Waals surface area contributed by atoms with Crippen LogP contribution in [0.2, 0.25) is 0 Å². The summed E-state index contributed by atoms with van der Waals surface area (Å²) in [5.41, 5.74) is 0. The van der Waals surface area contributed by atoms with Crippen LogP contribution >= 0.6 is 0 Å². The number of carbonyl (C=O) groups excluding carboxylic acids is 1. The van der Waals surface area contributed by atoms with Crippen molar-refractivity contribution in [1.82, 2.24) is 10.6 Å². The van der Waals surface area contributed by atoms with Crippen molar-refractivity contribution in [3.8, 4) is 0 Å². The Balaban J connectivity index is 2.22. The third-order valence-corrected chi connectivity index (χ3v) is 2.27. The van der Waals surface area contributed by atoms with Crippen LogP contribution in [0, 0.1) is 5.92 Å². The summed E-state index contributed by atoms with van der Waals surface area (Å²) < 4.78 is 35.3. The van der Waals surface area contributed by atoms with Crippen molar-refractivity contribution in [3.05, 3.63) is 0 Å². The highest BCUT2D eigenvalue weighted by molar-refractivity contribution is 5.81. The Morgan fingerprint density at radius 2 is 1.93 bits per heavy atom. The minimum absolute atomic E-state index is 0.125. The van der Waals surface area contributed by atoms with Crippen LogP contribution in [0.4, 0.5) is 13.2 Å². The monoisotopic (exact) mass is 210 g/mol.